The summed E-state index contributed by atoms with van der Waals surface area (Å²) < 4.78 is 5.26. The van der Waals surface area contributed by atoms with Crippen molar-refractivity contribution in [1.29, 1.82) is 5.26 Å². The van der Waals surface area contributed by atoms with Crippen LogP contribution in [0.5, 0.6) is 5.75 Å². The smallest absolute Gasteiger partial charge is 0.136 e. The van der Waals surface area contributed by atoms with Gasteiger partial charge < -0.3 is 10.1 Å². The summed E-state index contributed by atoms with van der Waals surface area (Å²) in [4.78, 5) is 4.60. The summed E-state index contributed by atoms with van der Waals surface area (Å²) in [6, 6.07) is 16.1. The highest BCUT2D eigenvalue weighted by Crippen LogP contribution is 2.28. The van der Waals surface area contributed by atoms with E-state index < -0.39 is 0 Å². The first kappa shape index (κ1) is 17.7. The predicted molar refractivity (Wildman–Crippen MR) is 107 cm³/mol. The van der Waals surface area contributed by atoms with Crippen LogP contribution in [0.2, 0.25) is 0 Å². The number of allylic oxidation sites excluding steroid dienone is 1. The Morgan fingerprint density at radius 1 is 1.19 bits per heavy atom. The van der Waals surface area contributed by atoms with Crippen LogP contribution in [0, 0.1) is 25.2 Å². The van der Waals surface area contributed by atoms with E-state index in [2.05, 4.69) is 42.4 Å². The first-order valence-corrected chi connectivity index (χ1v) is 9.03. The number of aromatic nitrogens is 1. The summed E-state index contributed by atoms with van der Waals surface area (Å²) in [6.45, 7) is 4.14. The number of hydrogen-bond donors (Lipinski definition) is 1. The monoisotopic (exact) mass is 361 g/mol. The lowest BCUT2D eigenvalue weighted by molar-refractivity contribution is 0.415. The van der Waals surface area contributed by atoms with Crippen molar-refractivity contribution in [1.82, 2.24) is 4.98 Å². The average molecular weight is 361 g/mol. The molecule has 0 aliphatic rings. The number of nitrogens with zero attached hydrogens (tertiary/aromatic N) is 2. The summed E-state index contributed by atoms with van der Waals surface area (Å²) in [6.07, 6.45) is 1.71. The lowest BCUT2D eigenvalue weighted by Crippen LogP contribution is -1.92. The zero-order chi connectivity index (χ0) is 18.5. The van der Waals surface area contributed by atoms with E-state index in [0.29, 0.717) is 10.6 Å². The van der Waals surface area contributed by atoms with Crippen molar-refractivity contribution in [2.45, 2.75) is 13.8 Å². The maximum atomic E-state index is 9.51. The Morgan fingerprint density at radius 2 is 2.04 bits per heavy atom. The molecule has 0 atom stereocenters. The van der Waals surface area contributed by atoms with Crippen molar-refractivity contribution in [3.63, 3.8) is 0 Å². The molecule has 3 rings (SSSR count). The molecule has 0 unspecified atom stereocenters. The quantitative estimate of drug-likeness (QED) is 0.617. The second-order valence-corrected chi connectivity index (χ2v) is 6.74. The van der Waals surface area contributed by atoms with Crippen LogP contribution in [-0.2, 0) is 0 Å². The van der Waals surface area contributed by atoms with E-state index in [1.54, 1.807) is 13.3 Å². The molecule has 130 valence electrons. The van der Waals surface area contributed by atoms with Gasteiger partial charge in [0.25, 0.3) is 0 Å². The normalized spacial score (nSPS) is 11.1. The maximum absolute atomic E-state index is 9.51. The molecule has 0 spiro atoms. The fourth-order valence-electron chi connectivity index (χ4n) is 2.44. The predicted octanol–water partition coefficient (Wildman–Crippen LogP) is 5.41. The first-order valence-electron chi connectivity index (χ1n) is 8.15. The maximum Gasteiger partial charge on any atom is 0.136 e. The average Bonchev–Trinajstić information content (AvgIpc) is 3.15. The molecule has 0 bridgehead atoms. The van der Waals surface area contributed by atoms with Crippen LogP contribution in [0.15, 0.2) is 54.0 Å². The van der Waals surface area contributed by atoms with Crippen LogP contribution in [0.4, 0.5) is 5.69 Å². The van der Waals surface area contributed by atoms with Crippen LogP contribution in [0.1, 0.15) is 16.1 Å². The molecule has 5 heteroatoms. The standard InChI is InChI=1S/C21H19N3OS/c1-14-7-8-18(9-15(14)2)23-12-17(11-22)21-24-20(13-26-21)16-5-4-6-19(10-16)25-3/h4-10,12-13,23H,1-3H3/b17-12+. The van der Waals surface area contributed by atoms with E-state index in [4.69, 9.17) is 4.74 Å². The Bertz CT molecular complexity index is 998. The lowest BCUT2D eigenvalue weighted by atomic mass is 10.1. The van der Waals surface area contributed by atoms with Crippen molar-refractivity contribution in [2.24, 2.45) is 0 Å². The molecule has 4 nitrogen and oxygen atoms in total. The van der Waals surface area contributed by atoms with Crippen molar-refractivity contribution >= 4 is 22.6 Å². The molecule has 1 aromatic heterocycles. The Hall–Kier alpha value is -3.10. The third kappa shape index (κ3) is 3.93. The molecule has 1 heterocycles. The first-order chi connectivity index (χ1) is 12.6. The molecule has 2 aromatic carbocycles. The Kier molecular flexibility index (Phi) is 5.35. The Balaban J connectivity index is 1.83. The highest BCUT2D eigenvalue weighted by atomic mass is 32.1. The van der Waals surface area contributed by atoms with E-state index in [9.17, 15) is 5.26 Å². The van der Waals surface area contributed by atoms with E-state index in [1.165, 1.54) is 22.5 Å². The number of thiazole rings is 1. The van der Waals surface area contributed by atoms with Crippen molar-refractivity contribution in [3.05, 3.63) is 70.2 Å². The number of methoxy groups -OCH3 is 1. The number of anilines is 1. The lowest BCUT2D eigenvalue weighted by Gasteiger charge is -2.05. The van der Waals surface area contributed by atoms with E-state index in [0.717, 1.165) is 22.7 Å². The zero-order valence-corrected chi connectivity index (χ0v) is 15.7. The molecule has 0 amide bonds. The number of aryl methyl sites for hydroxylation is 2. The van der Waals surface area contributed by atoms with Crippen LogP contribution in [-0.4, -0.2) is 12.1 Å². The minimum Gasteiger partial charge on any atom is -0.497 e. The second kappa shape index (κ2) is 7.85. The molecular formula is C21H19N3OS. The van der Waals surface area contributed by atoms with Gasteiger partial charge in [-0.05, 0) is 49.2 Å². The summed E-state index contributed by atoms with van der Waals surface area (Å²) in [7, 11) is 1.64. The third-order valence-corrected chi connectivity index (χ3v) is 4.99. The Labute approximate surface area is 157 Å². The van der Waals surface area contributed by atoms with Crippen LogP contribution in [0.3, 0.4) is 0 Å². The molecule has 1 N–H and O–H groups in total. The number of rotatable bonds is 5. The highest BCUT2D eigenvalue weighted by molar-refractivity contribution is 7.11. The molecule has 0 aliphatic heterocycles. The van der Waals surface area contributed by atoms with Gasteiger partial charge in [0.15, 0.2) is 0 Å². The highest BCUT2D eigenvalue weighted by Gasteiger charge is 2.09. The van der Waals surface area contributed by atoms with Gasteiger partial charge in [-0.25, -0.2) is 4.98 Å². The number of ether oxygens (including phenoxy) is 1. The largest absolute Gasteiger partial charge is 0.497 e. The van der Waals surface area contributed by atoms with Gasteiger partial charge in [0.05, 0.1) is 12.8 Å². The second-order valence-electron chi connectivity index (χ2n) is 5.88. The summed E-state index contributed by atoms with van der Waals surface area (Å²) in [5, 5.41) is 15.3. The number of nitrogens with one attached hydrogen (secondary N) is 1. The van der Waals surface area contributed by atoms with E-state index >= 15 is 0 Å². The topological polar surface area (TPSA) is 57.9 Å². The summed E-state index contributed by atoms with van der Waals surface area (Å²) in [5.74, 6) is 0.782. The third-order valence-electron chi connectivity index (χ3n) is 4.11. The molecular weight excluding hydrogens is 342 g/mol. The molecule has 0 fully saturated rings. The van der Waals surface area contributed by atoms with Gasteiger partial charge in [-0.15, -0.1) is 11.3 Å². The van der Waals surface area contributed by atoms with Crippen molar-refractivity contribution in [3.8, 4) is 23.1 Å². The molecule has 3 aromatic rings. The fraction of sp³-hybridized carbons (Fsp3) is 0.143. The van der Waals surface area contributed by atoms with Gasteiger partial charge in [-0.1, -0.05) is 18.2 Å². The fourth-order valence-corrected chi connectivity index (χ4v) is 3.24. The molecule has 0 aliphatic carbocycles. The molecule has 26 heavy (non-hydrogen) atoms. The van der Waals surface area contributed by atoms with E-state index in [-0.39, 0.29) is 0 Å². The number of benzene rings is 2. The summed E-state index contributed by atoms with van der Waals surface area (Å²) >= 11 is 1.45. The molecule has 0 saturated carbocycles. The van der Waals surface area contributed by atoms with Gasteiger partial charge in [0.1, 0.15) is 22.4 Å². The van der Waals surface area contributed by atoms with Crippen molar-refractivity contribution < 1.29 is 4.74 Å². The van der Waals surface area contributed by atoms with Gasteiger partial charge in [-0.2, -0.15) is 5.26 Å². The molecule has 0 radical (unpaired) electrons. The number of hydrogen-bond acceptors (Lipinski definition) is 5. The van der Waals surface area contributed by atoms with E-state index in [1.807, 2.05) is 35.7 Å². The van der Waals surface area contributed by atoms with Gasteiger partial charge >= 0.3 is 0 Å². The number of nitriles is 1. The minimum atomic E-state index is 0.502. The zero-order valence-electron chi connectivity index (χ0n) is 14.9. The van der Waals surface area contributed by atoms with Crippen molar-refractivity contribution in [2.75, 3.05) is 12.4 Å². The van der Waals surface area contributed by atoms with Gasteiger partial charge in [-0.3, -0.25) is 0 Å². The van der Waals surface area contributed by atoms with Crippen LogP contribution >= 0.6 is 11.3 Å². The Morgan fingerprint density at radius 3 is 2.77 bits per heavy atom. The minimum absolute atomic E-state index is 0.502. The molecule has 0 saturated heterocycles. The summed E-state index contributed by atoms with van der Waals surface area (Å²) in [5.41, 5.74) is 5.69. The van der Waals surface area contributed by atoms with Gasteiger partial charge in [0, 0.05) is 22.8 Å². The van der Waals surface area contributed by atoms with Crippen LogP contribution < -0.4 is 10.1 Å². The SMILES string of the molecule is COc1cccc(-c2csc(/C(C#N)=C/Nc3ccc(C)c(C)c3)n2)c1. The van der Waals surface area contributed by atoms with Crippen LogP contribution in [0.25, 0.3) is 16.8 Å². The van der Waals surface area contributed by atoms with Gasteiger partial charge in [0.2, 0.25) is 0 Å².